The molecule has 166 valence electrons. The standard InChI is InChI=1S/C22H27N3O6/c1-3-5-6-12-31-19-13-15(21(23)26)7-9-17(19)24-22(27)16-8-10-18(25(28)29)20(14-16)30-11-4-2/h7-10,13-14H,3-6,11-12H2,1-2H3,(H2,23,26)(H,24,27). The number of hydrogen-bond acceptors (Lipinski definition) is 6. The van der Waals surface area contributed by atoms with Gasteiger partial charge in [0.1, 0.15) is 5.75 Å². The quantitative estimate of drug-likeness (QED) is 0.293. The van der Waals surface area contributed by atoms with Crippen LogP contribution >= 0.6 is 0 Å². The van der Waals surface area contributed by atoms with Crippen LogP contribution in [0, 0.1) is 10.1 Å². The average Bonchev–Trinajstić information content (AvgIpc) is 2.75. The lowest BCUT2D eigenvalue weighted by Crippen LogP contribution is -2.15. The number of carbonyl (C=O) groups excluding carboxylic acids is 2. The summed E-state index contributed by atoms with van der Waals surface area (Å²) in [6, 6.07) is 8.43. The van der Waals surface area contributed by atoms with Gasteiger partial charge >= 0.3 is 5.69 Å². The van der Waals surface area contributed by atoms with Crippen molar-refractivity contribution in [3.63, 3.8) is 0 Å². The van der Waals surface area contributed by atoms with E-state index in [9.17, 15) is 19.7 Å². The second kappa shape index (κ2) is 11.5. The molecule has 0 aliphatic rings. The molecule has 0 unspecified atom stereocenters. The summed E-state index contributed by atoms with van der Waals surface area (Å²) in [5.74, 6) is -0.754. The van der Waals surface area contributed by atoms with Gasteiger partial charge in [0.25, 0.3) is 5.91 Å². The summed E-state index contributed by atoms with van der Waals surface area (Å²) < 4.78 is 11.2. The molecule has 0 aromatic heterocycles. The van der Waals surface area contributed by atoms with Gasteiger partial charge in [-0.05, 0) is 37.1 Å². The Labute approximate surface area is 180 Å². The molecule has 3 N–H and O–H groups in total. The van der Waals surface area contributed by atoms with Gasteiger partial charge in [-0.15, -0.1) is 0 Å². The summed E-state index contributed by atoms with van der Waals surface area (Å²) in [6.45, 7) is 4.66. The lowest BCUT2D eigenvalue weighted by Gasteiger charge is -2.14. The summed E-state index contributed by atoms with van der Waals surface area (Å²) in [5, 5.41) is 13.9. The predicted octanol–water partition coefficient (Wildman–Crippen LogP) is 4.30. The van der Waals surface area contributed by atoms with E-state index in [1.54, 1.807) is 0 Å². The van der Waals surface area contributed by atoms with Gasteiger partial charge in [0.05, 0.1) is 23.8 Å². The molecule has 0 heterocycles. The van der Waals surface area contributed by atoms with Gasteiger partial charge in [0.15, 0.2) is 5.75 Å². The van der Waals surface area contributed by atoms with Crippen molar-refractivity contribution in [2.24, 2.45) is 5.73 Å². The van der Waals surface area contributed by atoms with Crippen LogP contribution in [0.25, 0.3) is 0 Å². The fourth-order valence-electron chi connectivity index (χ4n) is 2.76. The maximum absolute atomic E-state index is 12.8. The molecule has 2 rings (SSSR count). The van der Waals surface area contributed by atoms with Crippen LogP contribution in [-0.4, -0.2) is 30.0 Å². The lowest BCUT2D eigenvalue weighted by molar-refractivity contribution is -0.385. The third kappa shape index (κ3) is 6.70. The van der Waals surface area contributed by atoms with Crippen LogP contribution < -0.4 is 20.5 Å². The fourth-order valence-corrected chi connectivity index (χ4v) is 2.76. The number of primary amides is 1. The average molecular weight is 429 g/mol. The number of nitro benzene ring substituents is 1. The van der Waals surface area contributed by atoms with Gasteiger partial charge in [-0.2, -0.15) is 0 Å². The highest BCUT2D eigenvalue weighted by Crippen LogP contribution is 2.30. The number of ether oxygens (including phenoxy) is 2. The Bertz CT molecular complexity index is 945. The molecule has 0 saturated heterocycles. The van der Waals surface area contributed by atoms with E-state index in [1.165, 1.54) is 36.4 Å². The van der Waals surface area contributed by atoms with E-state index in [1.807, 2.05) is 6.92 Å². The number of nitrogens with two attached hydrogens (primary N) is 1. The molecular weight excluding hydrogens is 402 g/mol. The smallest absolute Gasteiger partial charge is 0.310 e. The molecule has 0 radical (unpaired) electrons. The second-order valence-corrected chi connectivity index (χ2v) is 6.87. The van der Waals surface area contributed by atoms with Gasteiger partial charge in [0, 0.05) is 23.3 Å². The molecule has 0 spiro atoms. The SMILES string of the molecule is CCCCCOc1cc(C(N)=O)ccc1NC(=O)c1ccc([N+](=O)[O-])c(OCCC)c1. The van der Waals surface area contributed by atoms with E-state index in [0.717, 1.165) is 19.3 Å². The zero-order chi connectivity index (χ0) is 22.8. The second-order valence-electron chi connectivity index (χ2n) is 6.87. The molecule has 2 amide bonds. The van der Waals surface area contributed by atoms with E-state index in [0.29, 0.717) is 24.5 Å². The van der Waals surface area contributed by atoms with Crippen molar-refractivity contribution in [2.45, 2.75) is 39.5 Å². The number of nitrogens with zero attached hydrogens (tertiary/aromatic N) is 1. The van der Waals surface area contributed by atoms with Crippen LogP contribution in [0.15, 0.2) is 36.4 Å². The molecule has 0 aliphatic heterocycles. The fraction of sp³-hybridized carbons (Fsp3) is 0.364. The number of carbonyl (C=O) groups is 2. The normalized spacial score (nSPS) is 10.4. The highest BCUT2D eigenvalue weighted by molar-refractivity contribution is 6.06. The van der Waals surface area contributed by atoms with Crippen LogP contribution in [0.2, 0.25) is 0 Å². The minimum Gasteiger partial charge on any atom is -0.491 e. The molecule has 2 aromatic carbocycles. The van der Waals surface area contributed by atoms with E-state index in [-0.39, 0.29) is 29.2 Å². The van der Waals surface area contributed by atoms with Gasteiger partial charge in [-0.1, -0.05) is 26.7 Å². The molecule has 0 saturated carbocycles. The molecular formula is C22H27N3O6. The molecule has 2 aromatic rings. The van der Waals surface area contributed by atoms with Gasteiger partial charge < -0.3 is 20.5 Å². The van der Waals surface area contributed by atoms with Crippen LogP contribution in [0.5, 0.6) is 11.5 Å². The molecule has 31 heavy (non-hydrogen) atoms. The Balaban J connectivity index is 2.27. The summed E-state index contributed by atoms with van der Waals surface area (Å²) in [4.78, 5) is 34.9. The summed E-state index contributed by atoms with van der Waals surface area (Å²) >= 11 is 0. The first-order valence-corrected chi connectivity index (χ1v) is 10.2. The first kappa shape index (κ1) is 23.7. The number of nitrogens with one attached hydrogen (secondary N) is 1. The lowest BCUT2D eigenvalue weighted by atomic mass is 10.1. The Morgan fingerprint density at radius 1 is 0.968 bits per heavy atom. The van der Waals surface area contributed by atoms with Crippen LogP contribution in [0.3, 0.4) is 0 Å². The van der Waals surface area contributed by atoms with Crippen molar-refractivity contribution in [3.8, 4) is 11.5 Å². The third-order valence-electron chi connectivity index (χ3n) is 4.40. The monoisotopic (exact) mass is 429 g/mol. The van der Waals surface area contributed by atoms with Gasteiger partial charge in [-0.25, -0.2) is 0 Å². The number of amides is 2. The van der Waals surface area contributed by atoms with Crippen molar-refractivity contribution in [1.29, 1.82) is 0 Å². The van der Waals surface area contributed by atoms with Crippen molar-refractivity contribution in [2.75, 3.05) is 18.5 Å². The highest BCUT2D eigenvalue weighted by atomic mass is 16.6. The Morgan fingerprint density at radius 3 is 2.29 bits per heavy atom. The Kier molecular flexibility index (Phi) is 8.80. The van der Waals surface area contributed by atoms with Crippen molar-refractivity contribution >= 4 is 23.2 Å². The molecule has 9 heteroatoms. The predicted molar refractivity (Wildman–Crippen MR) is 117 cm³/mol. The van der Waals surface area contributed by atoms with Crippen LogP contribution in [-0.2, 0) is 0 Å². The highest BCUT2D eigenvalue weighted by Gasteiger charge is 2.19. The first-order chi connectivity index (χ1) is 14.9. The molecule has 0 aliphatic carbocycles. The van der Waals surface area contributed by atoms with E-state index in [2.05, 4.69) is 12.2 Å². The number of rotatable bonds is 12. The number of anilines is 1. The summed E-state index contributed by atoms with van der Waals surface area (Å²) in [7, 11) is 0. The number of nitro groups is 1. The zero-order valence-corrected chi connectivity index (χ0v) is 17.7. The minimum absolute atomic E-state index is 0.0274. The van der Waals surface area contributed by atoms with E-state index < -0.39 is 16.7 Å². The Morgan fingerprint density at radius 2 is 1.65 bits per heavy atom. The van der Waals surface area contributed by atoms with Crippen molar-refractivity contribution in [1.82, 2.24) is 0 Å². The Hall–Kier alpha value is -3.62. The maximum Gasteiger partial charge on any atom is 0.310 e. The van der Waals surface area contributed by atoms with Crippen molar-refractivity contribution < 1.29 is 24.0 Å². The number of benzene rings is 2. The summed E-state index contributed by atoms with van der Waals surface area (Å²) in [5.41, 5.74) is 5.94. The number of hydrogen-bond donors (Lipinski definition) is 2. The topological polar surface area (TPSA) is 134 Å². The third-order valence-corrected chi connectivity index (χ3v) is 4.40. The van der Waals surface area contributed by atoms with Gasteiger partial charge in [0.2, 0.25) is 5.91 Å². The van der Waals surface area contributed by atoms with E-state index >= 15 is 0 Å². The zero-order valence-electron chi connectivity index (χ0n) is 17.7. The maximum atomic E-state index is 12.8. The minimum atomic E-state index is -0.607. The van der Waals surface area contributed by atoms with E-state index in [4.69, 9.17) is 15.2 Å². The van der Waals surface area contributed by atoms with Gasteiger partial charge in [-0.3, -0.25) is 19.7 Å². The van der Waals surface area contributed by atoms with Crippen LogP contribution in [0.4, 0.5) is 11.4 Å². The van der Waals surface area contributed by atoms with Crippen molar-refractivity contribution in [3.05, 3.63) is 57.6 Å². The molecule has 0 fully saturated rings. The molecule has 9 nitrogen and oxygen atoms in total. The molecule has 0 atom stereocenters. The number of unbranched alkanes of at least 4 members (excludes halogenated alkanes) is 2. The largest absolute Gasteiger partial charge is 0.491 e. The van der Waals surface area contributed by atoms with Crippen LogP contribution in [0.1, 0.15) is 60.2 Å². The first-order valence-electron chi connectivity index (χ1n) is 10.2. The molecule has 0 bridgehead atoms. The summed E-state index contributed by atoms with van der Waals surface area (Å²) in [6.07, 6.45) is 3.50.